The van der Waals surface area contributed by atoms with Gasteiger partial charge in [0, 0.05) is 18.0 Å². The summed E-state index contributed by atoms with van der Waals surface area (Å²) >= 11 is 5.21. The van der Waals surface area contributed by atoms with Crippen LogP contribution in [0.3, 0.4) is 0 Å². The Bertz CT molecular complexity index is 158. The third-order valence-corrected chi connectivity index (χ3v) is 0.824. The number of rotatable bonds is 3. The van der Waals surface area contributed by atoms with Crippen LogP contribution in [0.25, 0.3) is 0 Å². The minimum Gasteiger partial charge on any atom is -0.309 e. The van der Waals surface area contributed by atoms with E-state index in [0.29, 0.717) is 5.57 Å². The smallest absolute Gasteiger partial charge is 0.0251 e. The highest BCUT2D eigenvalue weighted by molar-refractivity contribution is 6.25. The van der Waals surface area contributed by atoms with Crippen LogP contribution in [0.4, 0.5) is 0 Å². The van der Waals surface area contributed by atoms with Gasteiger partial charge in [-0.15, -0.1) is 0 Å². The van der Waals surface area contributed by atoms with Crippen LogP contribution in [0, 0.1) is 10.8 Å². The molecule has 0 aliphatic rings. The molecule has 0 unspecified atom stereocenters. The van der Waals surface area contributed by atoms with Crippen molar-refractivity contribution in [3.63, 3.8) is 0 Å². The van der Waals surface area contributed by atoms with E-state index in [4.69, 9.17) is 22.4 Å². The molecular weight excluding hydrogens is 136 g/mol. The number of nitrogens with one attached hydrogen (secondary N) is 2. The van der Waals surface area contributed by atoms with Crippen LogP contribution in [0.5, 0.6) is 0 Å². The first-order chi connectivity index (χ1) is 4.35. The molecule has 0 aliphatic heterocycles. The van der Waals surface area contributed by atoms with Gasteiger partial charge in [0.25, 0.3) is 0 Å². The van der Waals surface area contributed by atoms with E-state index >= 15 is 0 Å². The molecule has 9 heavy (non-hydrogen) atoms. The molecular formula is C6H7ClN2. The van der Waals surface area contributed by atoms with E-state index in [-0.39, 0.29) is 0 Å². The summed E-state index contributed by atoms with van der Waals surface area (Å²) in [6.07, 6.45) is 5.26. The SMILES string of the molecule is N=C/C=C(C=N)\C=C\Cl. The van der Waals surface area contributed by atoms with Crippen molar-refractivity contribution in [1.29, 1.82) is 10.8 Å². The second kappa shape index (κ2) is 5.25. The van der Waals surface area contributed by atoms with E-state index in [1.54, 1.807) is 6.08 Å². The average Bonchev–Trinajstić information content (AvgIpc) is 1.88. The highest BCUT2D eigenvalue weighted by atomic mass is 35.5. The Morgan fingerprint density at radius 2 is 2.00 bits per heavy atom. The van der Waals surface area contributed by atoms with Crippen LogP contribution in [0.1, 0.15) is 0 Å². The fourth-order valence-corrected chi connectivity index (χ4v) is 0.466. The standard InChI is InChI=1S/C6H7ClN2/c7-3-1-6(5-9)2-4-8/h1-5,8-9H/b3-1+,6-2+,8-4?,9-5?. The Morgan fingerprint density at radius 3 is 2.33 bits per heavy atom. The molecule has 2 N–H and O–H groups in total. The lowest BCUT2D eigenvalue weighted by molar-refractivity contribution is 1.54. The number of hydrogen-bond donors (Lipinski definition) is 2. The van der Waals surface area contributed by atoms with Gasteiger partial charge in [0.1, 0.15) is 0 Å². The molecule has 0 aromatic heterocycles. The van der Waals surface area contributed by atoms with E-state index in [9.17, 15) is 0 Å². The molecule has 0 bridgehead atoms. The lowest BCUT2D eigenvalue weighted by Gasteiger charge is -1.83. The monoisotopic (exact) mass is 142 g/mol. The summed E-state index contributed by atoms with van der Waals surface area (Å²) in [5.74, 6) is 0. The first-order valence-electron chi connectivity index (χ1n) is 2.33. The molecule has 0 aromatic rings. The van der Waals surface area contributed by atoms with Gasteiger partial charge in [0.15, 0.2) is 0 Å². The summed E-state index contributed by atoms with van der Waals surface area (Å²) in [6.45, 7) is 0. The van der Waals surface area contributed by atoms with Gasteiger partial charge in [-0.2, -0.15) is 0 Å². The molecule has 0 rings (SSSR count). The minimum absolute atomic E-state index is 0.611. The van der Waals surface area contributed by atoms with Crippen molar-refractivity contribution >= 4 is 24.0 Å². The van der Waals surface area contributed by atoms with E-state index in [2.05, 4.69) is 0 Å². The molecule has 0 heterocycles. The lowest BCUT2D eigenvalue weighted by atomic mass is 10.3. The molecule has 2 nitrogen and oxygen atoms in total. The highest BCUT2D eigenvalue weighted by Gasteiger charge is 1.79. The average molecular weight is 143 g/mol. The van der Waals surface area contributed by atoms with E-state index in [1.807, 2.05) is 0 Å². The van der Waals surface area contributed by atoms with Gasteiger partial charge in [-0.1, -0.05) is 11.6 Å². The Balaban J connectivity index is 4.13. The van der Waals surface area contributed by atoms with Gasteiger partial charge in [-0.25, -0.2) is 0 Å². The van der Waals surface area contributed by atoms with Gasteiger partial charge in [0.05, 0.1) is 0 Å². The molecule has 0 fully saturated rings. The van der Waals surface area contributed by atoms with E-state index < -0.39 is 0 Å². The predicted molar refractivity (Wildman–Crippen MR) is 40.6 cm³/mol. The maximum Gasteiger partial charge on any atom is 0.0251 e. The molecule has 0 saturated carbocycles. The summed E-state index contributed by atoms with van der Waals surface area (Å²) in [4.78, 5) is 0. The lowest BCUT2D eigenvalue weighted by Crippen LogP contribution is -1.76. The molecule has 0 spiro atoms. The summed E-state index contributed by atoms with van der Waals surface area (Å²) in [6, 6.07) is 0. The van der Waals surface area contributed by atoms with Crippen molar-refractivity contribution in [2.24, 2.45) is 0 Å². The van der Waals surface area contributed by atoms with Crippen LogP contribution < -0.4 is 0 Å². The van der Waals surface area contributed by atoms with Crippen molar-refractivity contribution in [2.45, 2.75) is 0 Å². The zero-order chi connectivity index (χ0) is 7.11. The maximum absolute atomic E-state index is 6.76. The third-order valence-electron chi connectivity index (χ3n) is 0.698. The normalized spacial score (nSPS) is 11.9. The van der Waals surface area contributed by atoms with Crippen molar-refractivity contribution in [3.05, 3.63) is 23.3 Å². The maximum atomic E-state index is 6.76. The Morgan fingerprint density at radius 1 is 1.33 bits per heavy atom. The molecule has 0 amide bonds. The summed E-state index contributed by atoms with van der Waals surface area (Å²) in [5, 5.41) is 13.4. The molecule has 0 atom stereocenters. The van der Waals surface area contributed by atoms with Crippen molar-refractivity contribution in [3.8, 4) is 0 Å². The molecule has 0 aromatic carbocycles. The summed E-state index contributed by atoms with van der Waals surface area (Å²) in [7, 11) is 0. The number of hydrogen-bond acceptors (Lipinski definition) is 2. The van der Waals surface area contributed by atoms with Crippen LogP contribution >= 0.6 is 11.6 Å². The highest BCUT2D eigenvalue weighted by Crippen LogP contribution is 1.91. The second-order valence-corrected chi connectivity index (χ2v) is 1.52. The fourth-order valence-electron chi connectivity index (χ4n) is 0.321. The Kier molecular flexibility index (Phi) is 4.73. The van der Waals surface area contributed by atoms with Crippen molar-refractivity contribution in [2.75, 3.05) is 0 Å². The van der Waals surface area contributed by atoms with Crippen LogP contribution in [-0.2, 0) is 0 Å². The summed E-state index contributed by atoms with van der Waals surface area (Å²) in [5.41, 5.74) is 1.92. The molecule has 0 aliphatic carbocycles. The molecule has 0 radical (unpaired) electrons. The zero-order valence-corrected chi connectivity index (χ0v) is 5.52. The predicted octanol–water partition coefficient (Wildman–Crippen LogP) is 1.96. The topological polar surface area (TPSA) is 47.7 Å². The van der Waals surface area contributed by atoms with Gasteiger partial charge in [-0.3, -0.25) is 0 Å². The first-order valence-corrected chi connectivity index (χ1v) is 2.76. The third kappa shape index (κ3) is 3.67. The van der Waals surface area contributed by atoms with Crippen LogP contribution in [0.15, 0.2) is 23.3 Å². The quantitative estimate of drug-likeness (QED) is 0.447. The van der Waals surface area contributed by atoms with Crippen molar-refractivity contribution < 1.29 is 0 Å². The molecule has 0 saturated heterocycles. The van der Waals surface area contributed by atoms with E-state index in [0.717, 1.165) is 12.4 Å². The van der Waals surface area contributed by atoms with Crippen LogP contribution in [-0.4, -0.2) is 12.4 Å². The minimum atomic E-state index is 0.611. The molecule has 3 heteroatoms. The van der Waals surface area contributed by atoms with Crippen molar-refractivity contribution in [1.82, 2.24) is 0 Å². The van der Waals surface area contributed by atoms with Gasteiger partial charge in [-0.05, 0) is 17.7 Å². The van der Waals surface area contributed by atoms with E-state index in [1.165, 1.54) is 11.6 Å². The fraction of sp³-hybridized carbons (Fsp3) is 0. The Labute approximate surface area is 58.9 Å². The second-order valence-electron chi connectivity index (χ2n) is 1.27. The zero-order valence-electron chi connectivity index (χ0n) is 4.76. The number of halogens is 1. The van der Waals surface area contributed by atoms with Gasteiger partial charge in [0.2, 0.25) is 0 Å². The first kappa shape index (κ1) is 8.11. The van der Waals surface area contributed by atoms with Crippen LogP contribution in [0.2, 0.25) is 0 Å². The van der Waals surface area contributed by atoms with Gasteiger partial charge >= 0.3 is 0 Å². The van der Waals surface area contributed by atoms with Gasteiger partial charge < -0.3 is 10.8 Å². The number of allylic oxidation sites excluding steroid dienone is 3. The largest absolute Gasteiger partial charge is 0.309 e. The molecule has 48 valence electrons. The Hall–Kier alpha value is -0.890. The summed E-state index contributed by atoms with van der Waals surface area (Å²) < 4.78 is 0.